The molecule has 0 unspecified atom stereocenters. The molecule has 2 aliphatic heterocycles. The number of amides is 1. The summed E-state index contributed by atoms with van der Waals surface area (Å²) >= 11 is 1.55. The fourth-order valence-electron chi connectivity index (χ4n) is 4.19. The summed E-state index contributed by atoms with van der Waals surface area (Å²) in [4.78, 5) is 18.1. The van der Waals surface area contributed by atoms with Crippen molar-refractivity contribution in [1.29, 1.82) is 0 Å². The Bertz CT molecular complexity index is 956. The van der Waals surface area contributed by atoms with E-state index < -0.39 is 9.84 Å². The molecule has 3 heterocycles. The number of carbonyl (C=O) groups excluding carboxylic acids is 1. The minimum atomic E-state index is -2.88. The summed E-state index contributed by atoms with van der Waals surface area (Å²) in [6.07, 6.45) is 0.711. The minimum Gasteiger partial charge on any atom is -0.343 e. The van der Waals surface area contributed by atoms with Crippen LogP contribution in [0.1, 0.15) is 22.9 Å². The minimum absolute atomic E-state index is 0.0744. The number of rotatable bonds is 6. The van der Waals surface area contributed by atoms with Crippen molar-refractivity contribution in [1.82, 2.24) is 15.1 Å². The lowest BCUT2D eigenvalue weighted by Gasteiger charge is -2.37. The van der Waals surface area contributed by atoms with Crippen LogP contribution in [0, 0.1) is 5.82 Å². The molecule has 9 heteroatoms. The second-order valence-corrected chi connectivity index (χ2v) is 11.1. The van der Waals surface area contributed by atoms with Crippen LogP contribution < -0.4 is 5.32 Å². The lowest BCUT2D eigenvalue weighted by molar-refractivity contribution is -0.123. The molecule has 1 aromatic carbocycles. The second kappa shape index (κ2) is 9.13. The second-order valence-electron chi connectivity index (χ2n) is 7.94. The van der Waals surface area contributed by atoms with Crippen LogP contribution in [0.3, 0.4) is 0 Å². The highest BCUT2D eigenvalue weighted by Crippen LogP contribution is 2.26. The lowest BCUT2D eigenvalue weighted by Crippen LogP contribution is -2.52. The molecular weight excluding hydrogens is 425 g/mol. The molecule has 1 amide bonds. The van der Waals surface area contributed by atoms with Crippen molar-refractivity contribution in [3.05, 3.63) is 58.0 Å². The van der Waals surface area contributed by atoms with Gasteiger partial charge in [0.2, 0.25) is 5.91 Å². The predicted molar refractivity (Wildman–Crippen MR) is 116 cm³/mol. The number of halogens is 1. The molecule has 2 saturated heterocycles. The Kier molecular flexibility index (Phi) is 6.52. The van der Waals surface area contributed by atoms with E-state index in [0.717, 1.165) is 36.6 Å². The fraction of sp³-hybridized carbons (Fsp3) is 0.476. The summed E-state index contributed by atoms with van der Waals surface area (Å²) in [6, 6.07) is 9.94. The van der Waals surface area contributed by atoms with Gasteiger partial charge < -0.3 is 5.32 Å². The Hall–Kier alpha value is -1.81. The standard InChI is InChI=1S/C21H26FN3O3S2/c22-17-5-3-16(4-6-17)21(19-2-1-12-29-19)23-20(26)14-24-8-10-25(11-9-24)18-7-13-30(27,28)15-18/h1-6,12,18,21H,7-11,13-15H2,(H,23,26)/t18-,21-/m0/s1. The van der Waals surface area contributed by atoms with Crippen LogP contribution in [0.15, 0.2) is 41.8 Å². The molecule has 1 N–H and O–H groups in total. The Balaban J connectivity index is 1.33. The summed E-state index contributed by atoms with van der Waals surface area (Å²) in [5.74, 6) is 0.166. The smallest absolute Gasteiger partial charge is 0.234 e. The van der Waals surface area contributed by atoms with Gasteiger partial charge in [0, 0.05) is 37.1 Å². The Morgan fingerprint density at radius 1 is 1.17 bits per heavy atom. The number of thiophene rings is 1. The maximum atomic E-state index is 13.3. The van der Waals surface area contributed by atoms with Gasteiger partial charge in [0.15, 0.2) is 9.84 Å². The Morgan fingerprint density at radius 3 is 2.50 bits per heavy atom. The van der Waals surface area contributed by atoms with E-state index in [9.17, 15) is 17.6 Å². The molecule has 1 aromatic heterocycles. The zero-order chi connectivity index (χ0) is 21.1. The number of nitrogens with zero attached hydrogens (tertiary/aromatic N) is 2. The summed E-state index contributed by atoms with van der Waals surface area (Å²) < 4.78 is 36.8. The summed E-state index contributed by atoms with van der Waals surface area (Å²) in [7, 11) is -2.88. The van der Waals surface area contributed by atoms with Crippen LogP contribution in [0.2, 0.25) is 0 Å². The molecule has 2 aromatic rings. The third-order valence-electron chi connectivity index (χ3n) is 5.84. The summed E-state index contributed by atoms with van der Waals surface area (Å²) in [5, 5.41) is 5.05. The molecule has 0 aliphatic carbocycles. The van der Waals surface area contributed by atoms with Gasteiger partial charge in [-0.05, 0) is 35.6 Å². The number of hydrogen-bond donors (Lipinski definition) is 1. The SMILES string of the molecule is O=C(CN1CCN([C@H]2CCS(=O)(=O)C2)CC1)N[C@@H](c1ccc(F)cc1)c1cccs1. The van der Waals surface area contributed by atoms with Gasteiger partial charge >= 0.3 is 0 Å². The maximum absolute atomic E-state index is 13.3. The third-order valence-corrected chi connectivity index (χ3v) is 8.52. The Morgan fingerprint density at radius 2 is 1.90 bits per heavy atom. The average Bonchev–Trinajstić information content (AvgIpc) is 3.37. The third kappa shape index (κ3) is 5.26. The molecule has 0 bridgehead atoms. The lowest BCUT2D eigenvalue weighted by atomic mass is 10.1. The van der Waals surface area contributed by atoms with Crippen molar-refractivity contribution in [3.63, 3.8) is 0 Å². The maximum Gasteiger partial charge on any atom is 0.234 e. The number of carbonyl (C=O) groups is 1. The first-order chi connectivity index (χ1) is 14.4. The van der Waals surface area contributed by atoms with E-state index >= 15 is 0 Å². The molecule has 0 spiro atoms. The van der Waals surface area contributed by atoms with Crippen molar-refractivity contribution in [2.24, 2.45) is 0 Å². The topological polar surface area (TPSA) is 69.7 Å². The zero-order valence-electron chi connectivity index (χ0n) is 16.7. The number of benzene rings is 1. The van der Waals surface area contributed by atoms with E-state index in [1.54, 1.807) is 23.5 Å². The van der Waals surface area contributed by atoms with E-state index in [2.05, 4.69) is 15.1 Å². The first-order valence-corrected chi connectivity index (χ1v) is 12.8. The van der Waals surface area contributed by atoms with Crippen molar-refractivity contribution >= 4 is 27.1 Å². The average molecular weight is 452 g/mol. The molecule has 6 nitrogen and oxygen atoms in total. The van der Waals surface area contributed by atoms with Crippen LogP contribution in [0.5, 0.6) is 0 Å². The Labute approximate surface area is 180 Å². The predicted octanol–water partition coefficient (Wildman–Crippen LogP) is 1.90. The molecular formula is C21H26FN3O3S2. The normalized spacial score (nSPS) is 23.3. The quantitative estimate of drug-likeness (QED) is 0.727. The van der Waals surface area contributed by atoms with E-state index in [0.29, 0.717) is 13.0 Å². The number of piperazine rings is 1. The molecule has 0 saturated carbocycles. The molecule has 2 fully saturated rings. The van der Waals surface area contributed by atoms with Gasteiger partial charge in [-0.15, -0.1) is 11.3 Å². The molecule has 2 atom stereocenters. The van der Waals surface area contributed by atoms with Crippen LogP contribution >= 0.6 is 11.3 Å². The number of sulfone groups is 1. The monoisotopic (exact) mass is 451 g/mol. The van der Waals surface area contributed by atoms with Crippen molar-refractivity contribution in [2.75, 3.05) is 44.2 Å². The van der Waals surface area contributed by atoms with Gasteiger partial charge in [0.25, 0.3) is 0 Å². The molecule has 4 rings (SSSR count). The van der Waals surface area contributed by atoms with Gasteiger partial charge in [-0.25, -0.2) is 12.8 Å². The van der Waals surface area contributed by atoms with Crippen molar-refractivity contribution in [3.8, 4) is 0 Å². The van der Waals surface area contributed by atoms with Crippen LogP contribution in [0.4, 0.5) is 4.39 Å². The summed E-state index contributed by atoms with van der Waals surface area (Å²) in [6.45, 7) is 3.33. The molecule has 162 valence electrons. The largest absolute Gasteiger partial charge is 0.343 e. The van der Waals surface area contributed by atoms with Gasteiger partial charge in [-0.1, -0.05) is 18.2 Å². The number of hydrogen-bond acceptors (Lipinski definition) is 6. The zero-order valence-corrected chi connectivity index (χ0v) is 18.3. The van der Waals surface area contributed by atoms with Crippen molar-refractivity contribution in [2.45, 2.75) is 18.5 Å². The van der Waals surface area contributed by atoms with E-state index in [4.69, 9.17) is 0 Å². The van der Waals surface area contributed by atoms with Crippen LogP contribution in [-0.2, 0) is 14.6 Å². The van der Waals surface area contributed by atoms with Gasteiger partial charge in [-0.3, -0.25) is 14.6 Å². The van der Waals surface area contributed by atoms with Crippen molar-refractivity contribution < 1.29 is 17.6 Å². The highest BCUT2D eigenvalue weighted by atomic mass is 32.2. The summed E-state index contributed by atoms with van der Waals surface area (Å²) in [5.41, 5.74) is 0.847. The molecule has 2 aliphatic rings. The highest BCUT2D eigenvalue weighted by molar-refractivity contribution is 7.91. The first-order valence-electron chi connectivity index (χ1n) is 10.1. The van der Waals surface area contributed by atoms with Gasteiger partial charge in [0.1, 0.15) is 5.82 Å². The van der Waals surface area contributed by atoms with E-state index in [-0.39, 0.29) is 35.3 Å². The van der Waals surface area contributed by atoms with E-state index in [1.807, 2.05) is 17.5 Å². The highest BCUT2D eigenvalue weighted by Gasteiger charge is 2.34. The first kappa shape index (κ1) is 21.4. The fourth-order valence-corrected chi connectivity index (χ4v) is 6.75. The molecule has 0 radical (unpaired) electrons. The van der Waals surface area contributed by atoms with Gasteiger partial charge in [-0.2, -0.15) is 0 Å². The number of nitrogens with one attached hydrogen (secondary N) is 1. The van der Waals surface area contributed by atoms with E-state index in [1.165, 1.54) is 12.1 Å². The van der Waals surface area contributed by atoms with Gasteiger partial charge in [0.05, 0.1) is 24.1 Å². The van der Waals surface area contributed by atoms with Crippen LogP contribution in [0.25, 0.3) is 0 Å². The van der Waals surface area contributed by atoms with Crippen LogP contribution in [-0.4, -0.2) is 74.4 Å². The molecule has 30 heavy (non-hydrogen) atoms.